The molecule has 0 aliphatic rings. The van der Waals surface area contributed by atoms with Crippen LogP contribution in [0.5, 0.6) is 5.75 Å². The van der Waals surface area contributed by atoms with Crippen molar-refractivity contribution >= 4 is 12.0 Å². The molecule has 3 heteroatoms. The summed E-state index contributed by atoms with van der Waals surface area (Å²) in [7, 11) is 1.63. The Morgan fingerprint density at radius 2 is 1.95 bits per heavy atom. The first-order valence-corrected chi connectivity index (χ1v) is 7.34. The van der Waals surface area contributed by atoms with Crippen molar-refractivity contribution in [1.29, 1.82) is 0 Å². The van der Waals surface area contributed by atoms with Crippen molar-refractivity contribution in [3.05, 3.63) is 71.8 Å². The van der Waals surface area contributed by atoms with Crippen molar-refractivity contribution in [1.82, 2.24) is 5.32 Å². The second kappa shape index (κ2) is 8.03. The second-order valence-corrected chi connectivity index (χ2v) is 5.17. The lowest BCUT2D eigenvalue weighted by Gasteiger charge is -2.11. The predicted molar refractivity (Wildman–Crippen MR) is 89.9 cm³/mol. The summed E-state index contributed by atoms with van der Waals surface area (Å²) in [4.78, 5) is 11.9. The summed E-state index contributed by atoms with van der Waals surface area (Å²) >= 11 is 0. The van der Waals surface area contributed by atoms with E-state index in [0.717, 1.165) is 11.3 Å². The third-order valence-corrected chi connectivity index (χ3v) is 3.47. The molecule has 114 valence electrons. The molecule has 0 aliphatic carbocycles. The van der Waals surface area contributed by atoms with E-state index in [-0.39, 0.29) is 11.8 Å². The molecule has 3 nitrogen and oxygen atoms in total. The van der Waals surface area contributed by atoms with Crippen LogP contribution in [0, 0.1) is 0 Å². The van der Waals surface area contributed by atoms with E-state index in [9.17, 15) is 4.79 Å². The Kier molecular flexibility index (Phi) is 5.78. The van der Waals surface area contributed by atoms with Crippen molar-refractivity contribution in [2.75, 3.05) is 13.7 Å². The summed E-state index contributed by atoms with van der Waals surface area (Å²) in [5.41, 5.74) is 2.16. The fraction of sp³-hybridized carbons (Fsp3) is 0.211. The first kappa shape index (κ1) is 15.8. The van der Waals surface area contributed by atoms with Gasteiger partial charge in [0.25, 0.3) is 0 Å². The topological polar surface area (TPSA) is 38.3 Å². The van der Waals surface area contributed by atoms with Gasteiger partial charge in [0.1, 0.15) is 5.75 Å². The number of ether oxygens (including phenoxy) is 1. The number of hydrogen-bond donors (Lipinski definition) is 1. The minimum Gasteiger partial charge on any atom is -0.497 e. The summed E-state index contributed by atoms with van der Waals surface area (Å²) < 4.78 is 5.16. The first-order valence-electron chi connectivity index (χ1n) is 7.34. The molecule has 1 amide bonds. The molecule has 1 unspecified atom stereocenters. The summed E-state index contributed by atoms with van der Waals surface area (Å²) in [5, 5.41) is 2.92. The number of benzene rings is 2. The van der Waals surface area contributed by atoms with E-state index < -0.39 is 0 Å². The van der Waals surface area contributed by atoms with Crippen LogP contribution in [0.25, 0.3) is 6.08 Å². The number of carbonyl (C=O) groups excluding carboxylic acids is 1. The van der Waals surface area contributed by atoms with Crippen molar-refractivity contribution < 1.29 is 9.53 Å². The van der Waals surface area contributed by atoms with Crippen LogP contribution in [0.15, 0.2) is 60.7 Å². The maximum atomic E-state index is 11.9. The van der Waals surface area contributed by atoms with Gasteiger partial charge in [-0.25, -0.2) is 0 Å². The zero-order valence-electron chi connectivity index (χ0n) is 13.0. The van der Waals surface area contributed by atoms with Crippen molar-refractivity contribution in [2.24, 2.45) is 0 Å². The smallest absolute Gasteiger partial charge is 0.244 e. The molecule has 0 spiro atoms. The zero-order chi connectivity index (χ0) is 15.8. The Balaban J connectivity index is 1.86. The van der Waals surface area contributed by atoms with Gasteiger partial charge in [-0.3, -0.25) is 4.79 Å². The van der Waals surface area contributed by atoms with Gasteiger partial charge in [-0.05, 0) is 35.3 Å². The van der Waals surface area contributed by atoms with Crippen LogP contribution in [0.4, 0.5) is 0 Å². The number of hydrogen-bond acceptors (Lipinski definition) is 2. The minimum atomic E-state index is -0.0920. The zero-order valence-corrected chi connectivity index (χ0v) is 13.0. The number of nitrogens with one attached hydrogen (secondary N) is 1. The molecule has 0 fully saturated rings. The Labute approximate surface area is 131 Å². The Hall–Kier alpha value is -2.55. The molecule has 0 radical (unpaired) electrons. The van der Waals surface area contributed by atoms with Gasteiger partial charge < -0.3 is 10.1 Å². The van der Waals surface area contributed by atoms with E-state index >= 15 is 0 Å². The number of carbonyl (C=O) groups is 1. The summed E-state index contributed by atoms with van der Waals surface area (Å²) in [6, 6.07) is 17.7. The highest BCUT2D eigenvalue weighted by Crippen LogP contribution is 2.14. The molecule has 0 heterocycles. The van der Waals surface area contributed by atoms with Crippen LogP contribution in [-0.2, 0) is 4.79 Å². The van der Waals surface area contributed by atoms with Gasteiger partial charge in [-0.15, -0.1) is 0 Å². The largest absolute Gasteiger partial charge is 0.497 e. The molecule has 1 N–H and O–H groups in total. The van der Waals surface area contributed by atoms with Crippen LogP contribution >= 0.6 is 0 Å². The predicted octanol–water partition coefficient (Wildman–Crippen LogP) is 3.63. The normalized spacial score (nSPS) is 12.1. The van der Waals surface area contributed by atoms with E-state index in [1.165, 1.54) is 5.56 Å². The lowest BCUT2D eigenvalue weighted by atomic mass is 10.0. The number of rotatable bonds is 6. The van der Waals surface area contributed by atoms with Gasteiger partial charge in [0.15, 0.2) is 0 Å². The lowest BCUT2D eigenvalue weighted by Crippen LogP contribution is -2.25. The Bertz CT molecular complexity index is 635. The maximum absolute atomic E-state index is 11.9. The molecular formula is C19H21NO2. The fourth-order valence-corrected chi connectivity index (χ4v) is 2.13. The average molecular weight is 295 g/mol. The first-order chi connectivity index (χ1) is 10.7. The monoisotopic (exact) mass is 295 g/mol. The SMILES string of the molecule is COc1cccc(/C=C/C(=O)NCC(C)c2ccccc2)c1. The van der Waals surface area contributed by atoms with Gasteiger partial charge in [0.05, 0.1) is 7.11 Å². The molecule has 2 rings (SSSR count). The fourth-order valence-electron chi connectivity index (χ4n) is 2.13. The standard InChI is InChI=1S/C19H21NO2/c1-15(17-8-4-3-5-9-17)14-20-19(21)12-11-16-7-6-10-18(13-16)22-2/h3-13,15H,14H2,1-2H3,(H,20,21)/b12-11+. The highest BCUT2D eigenvalue weighted by Gasteiger charge is 2.05. The molecule has 22 heavy (non-hydrogen) atoms. The number of methoxy groups -OCH3 is 1. The molecule has 0 bridgehead atoms. The van der Waals surface area contributed by atoms with Gasteiger partial charge in [-0.1, -0.05) is 49.4 Å². The molecule has 2 aromatic rings. The van der Waals surface area contributed by atoms with Gasteiger partial charge >= 0.3 is 0 Å². The van der Waals surface area contributed by atoms with Crippen molar-refractivity contribution in [3.63, 3.8) is 0 Å². The van der Waals surface area contributed by atoms with Crippen LogP contribution in [-0.4, -0.2) is 19.6 Å². The van der Waals surface area contributed by atoms with E-state index in [1.54, 1.807) is 19.3 Å². The molecule has 0 saturated carbocycles. The molecule has 0 saturated heterocycles. The van der Waals surface area contributed by atoms with Gasteiger partial charge in [0, 0.05) is 12.6 Å². The number of amides is 1. The highest BCUT2D eigenvalue weighted by atomic mass is 16.5. The highest BCUT2D eigenvalue weighted by molar-refractivity contribution is 5.91. The summed E-state index contributed by atoms with van der Waals surface area (Å²) in [6.07, 6.45) is 3.33. The quantitative estimate of drug-likeness (QED) is 0.826. The van der Waals surface area contributed by atoms with Crippen LogP contribution in [0.2, 0.25) is 0 Å². The van der Waals surface area contributed by atoms with E-state index in [0.29, 0.717) is 6.54 Å². The van der Waals surface area contributed by atoms with Gasteiger partial charge in [-0.2, -0.15) is 0 Å². The molecule has 2 aromatic carbocycles. The third-order valence-electron chi connectivity index (χ3n) is 3.47. The van der Waals surface area contributed by atoms with E-state index in [2.05, 4.69) is 24.4 Å². The van der Waals surface area contributed by atoms with E-state index in [1.807, 2.05) is 42.5 Å². The average Bonchev–Trinajstić information content (AvgIpc) is 2.58. The van der Waals surface area contributed by atoms with Crippen LogP contribution < -0.4 is 10.1 Å². The summed E-state index contributed by atoms with van der Waals surface area (Å²) in [6.45, 7) is 2.71. The van der Waals surface area contributed by atoms with Crippen LogP contribution in [0.1, 0.15) is 24.0 Å². The van der Waals surface area contributed by atoms with Crippen molar-refractivity contribution in [3.8, 4) is 5.75 Å². The molecule has 0 aromatic heterocycles. The molecular weight excluding hydrogens is 274 g/mol. The second-order valence-electron chi connectivity index (χ2n) is 5.17. The lowest BCUT2D eigenvalue weighted by molar-refractivity contribution is -0.116. The van der Waals surface area contributed by atoms with Crippen molar-refractivity contribution in [2.45, 2.75) is 12.8 Å². The maximum Gasteiger partial charge on any atom is 0.244 e. The third kappa shape index (κ3) is 4.77. The minimum absolute atomic E-state index is 0.0920. The summed E-state index contributed by atoms with van der Waals surface area (Å²) in [5.74, 6) is 0.973. The Morgan fingerprint density at radius 1 is 1.18 bits per heavy atom. The van der Waals surface area contributed by atoms with E-state index in [4.69, 9.17) is 4.74 Å². The van der Waals surface area contributed by atoms with Gasteiger partial charge in [0.2, 0.25) is 5.91 Å². The molecule has 1 atom stereocenters. The van der Waals surface area contributed by atoms with Crippen LogP contribution in [0.3, 0.4) is 0 Å². The molecule has 0 aliphatic heterocycles. The Morgan fingerprint density at radius 3 is 2.68 bits per heavy atom.